The Kier molecular flexibility index (Phi) is 6.54. The van der Waals surface area contributed by atoms with Gasteiger partial charge in [0, 0.05) is 16.8 Å². The highest BCUT2D eigenvalue weighted by atomic mass is 19.2. The van der Waals surface area contributed by atoms with E-state index in [4.69, 9.17) is 4.74 Å². The number of aromatic nitrogens is 10. The number of aliphatic hydroxyl groups excluding tert-OH is 3. The fourth-order valence-corrected chi connectivity index (χ4v) is 4.58. The van der Waals surface area contributed by atoms with Crippen molar-refractivity contribution in [1.29, 1.82) is 0 Å². The maximum Gasteiger partial charge on any atom is 0.204 e. The molecule has 0 amide bonds. The molecule has 0 saturated carbocycles. The van der Waals surface area contributed by atoms with E-state index in [-0.39, 0.29) is 17.1 Å². The number of benzene rings is 2. The molecule has 17 heteroatoms. The first kappa shape index (κ1) is 25.7. The number of rotatable bonds is 6. The van der Waals surface area contributed by atoms with Crippen LogP contribution in [0, 0.1) is 17.5 Å². The lowest BCUT2D eigenvalue weighted by Gasteiger charge is -2.41. The molecule has 0 aliphatic carbocycles. The summed E-state index contributed by atoms with van der Waals surface area (Å²) in [6.07, 6.45) is -2.75. The lowest BCUT2D eigenvalue weighted by atomic mass is 9.92. The number of hydrogen-bond acceptors (Lipinski definition) is 11. The second-order valence-corrected chi connectivity index (χ2v) is 8.93. The van der Waals surface area contributed by atoms with Crippen LogP contribution < -0.4 is 0 Å². The van der Waals surface area contributed by atoms with Gasteiger partial charge in [-0.1, -0.05) is 5.21 Å². The second-order valence-electron chi connectivity index (χ2n) is 8.93. The molecule has 1 aliphatic rings. The van der Waals surface area contributed by atoms with Gasteiger partial charge < -0.3 is 20.1 Å². The molecule has 5 aromatic rings. The molecule has 206 valence electrons. The Morgan fingerprint density at radius 1 is 0.950 bits per heavy atom. The molecule has 1 saturated heterocycles. The molecule has 4 N–H and O–H groups in total. The van der Waals surface area contributed by atoms with Crippen LogP contribution in [-0.4, -0.2) is 90.6 Å². The van der Waals surface area contributed by atoms with Crippen molar-refractivity contribution in [3.05, 3.63) is 72.2 Å². The first-order valence-electron chi connectivity index (χ1n) is 11.8. The third kappa shape index (κ3) is 4.39. The van der Waals surface area contributed by atoms with Crippen LogP contribution >= 0.6 is 0 Å². The van der Waals surface area contributed by atoms with Crippen molar-refractivity contribution in [2.75, 3.05) is 6.61 Å². The van der Waals surface area contributed by atoms with E-state index in [9.17, 15) is 28.5 Å². The highest BCUT2D eigenvalue weighted by Gasteiger charge is 2.48. The third-order valence-electron chi connectivity index (χ3n) is 6.57. The van der Waals surface area contributed by atoms with Gasteiger partial charge in [-0.25, -0.2) is 17.9 Å². The summed E-state index contributed by atoms with van der Waals surface area (Å²) in [7, 11) is 0. The van der Waals surface area contributed by atoms with Crippen molar-refractivity contribution in [3.8, 4) is 28.3 Å². The maximum atomic E-state index is 13.8. The first-order chi connectivity index (χ1) is 19.4. The summed E-state index contributed by atoms with van der Waals surface area (Å²) in [5.74, 6) is -3.92. The summed E-state index contributed by atoms with van der Waals surface area (Å²) in [6.45, 7) is -0.621. The summed E-state index contributed by atoms with van der Waals surface area (Å²) in [4.78, 5) is 0. The van der Waals surface area contributed by atoms with Gasteiger partial charge in [-0.3, -0.25) is 4.57 Å². The van der Waals surface area contributed by atoms with E-state index in [1.54, 1.807) is 28.8 Å². The molecule has 1 fully saturated rings. The number of aromatic amines is 1. The number of H-pyrrole nitrogens is 1. The normalized spacial score (nSPS) is 23.0. The maximum absolute atomic E-state index is 13.8. The van der Waals surface area contributed by atoms with E-state index in [1.165, 1.54) is 12.5 Å². The zero-order valence-corrected chi connectivity index (χ0v) is 20.1. The lowest BCUT2D eigenvalue weighted by Crippen LogP contribution is -2.53. The number of ether oxygens (including phenoxy) is 1. The predicted molar refractivity (Wildman–Crippen MR) is 126 cm³/mol. The highest BCUT2D eigenvalue weighted by molar-refractivity contribution is 5.58. The minimum Gasteiger partial charge on any atom is -0.394 e. The molecule has 0 unspecified atom stereocenters. The number of aliphatic hydroxyl groups is 3. The van der Waals surface area contributed by atoms with E-state index < -0.39 is 54.5 Å². The minimum absolute atomic E-state index is 0.0503. The van der Waals surface area contributed by atoms with Gasteiger partial charge in [0.25, 0.3) is 0 Å². The van der Waals surface area contributed by atoms with Gasteiger partial charge in [0.2, 0.25) is 5.82 Å². The topological polar surface area (TPSA) is 186 Å². The molecule has 0 bridgehead atoms. The molecule has 14 nitrogen and oxygen atoms in total. The first-order valence-corrected chi connectivity index (χ1v) is 11.8. The zero-order chi connectivity index (χ0) is 28.0. The number of halogens is 3. The Bertz CT molecular complexity index is 1610. The van der Waals surface area contributed by atoms with Crippen molar-refractivity contribution in [3.63, 3.8) is 0 Å². The molecule has 4 heterocycles. The van der Waals surface area contributed by atoms with Crippen LogP contribution in [-0.2, 0) is 4.74 Å². The molecule has 40 heavy (non-hydrogen) atoms. The number of hydrogen-bond donors (Lipinski definition) is 4. The summed E-state index contributed by atoms with van der Waals surface area (Å²) in [6, 6.07) is 7.19. The van der Waals surface area contributed by atoms with Gasteiger partial charge in [0.15, 0.2) is 23.3 Å². The van der Waals surface area contributed by atoms with Gasteiger partial charge in [-0.2, -0.15) is 5.21 Å². The number of tetrazole rings is 1. The monoisotopic (exact) mass is 556 g/mol. The highest BCUT2D eigenvalue weighted by Crippen LogP contribution is 2.38. The van der Waals surface area contributed by atoms with E-state index in [0.29, 0.717) is 17.1 Å². The Labute approximate surface area is 221 Å². The molecular formula is C23H19F3N10O4. The smallest absolute Gasteiger partial charge is 0.204 e. The molecule has 3 aromatic heterocycles. The van der Waals surface area contributed by atoms with Crippen molar-refractivity contribution in [2.24, 2.45) is 0 Å². The minimum atomic E-state index is -1.63. The fraction of sp³-hybridized carbons (Fsp3) is 0.261. The Balaban J connectivity index is 1.33. The van der Waals surface area contributed by atoms with Gasteiger partial charge in [0.1, 0.15) is 42.5 Å². The summed E-state index contributed by atoms with van der Waals surface area (Å²) >= 11 is 0. The average Bonchev–Trinajstić information content (AvgIpc) is 3.74. The van der Waals surface area contributed by atoms with Crippen molar-refractivity contribution >= 4 is 0 Å². The predicted octanol–water partition coefficient (Wildman–Crippen LogP) is 0.518. The molecular weight excluding hydrogens is 537 g/mol. The Hall–Kier alpha value is -4.58. The van der Waals surface area contributed by atoms with E-state index in [1.807, 2.05) is 0 Å². The van der Waals surface area contributed by atoms with Crippen LogP contribution in [0.5, 0.6) is 0 Å². The van der Waals surface area contributed by atoms with Crippen molar-refractivity contribution in [2.45, 2.75) is 30.5 Å². The SMILES string of the molecule is OC[C@H]1O[C@@H](c2nncn2-c2ccc(-c3nn[nH]n3)cc2)[C@H](O)[C@@H](n2cc(-c3cc(F)c(F)c(F)c3)nn2)[C@H]1O. The van der Waals surface area contributed by atoms with Crippen LogP contribution in [0.4, 0.5) is 13.2 Å². The van der Waals surface area contributed by atoms with Gasteiger partial charge in [-0.15, -0.1) is 25.5 Å². The summed E-state index contributed by atoms with van der Waals surface area (Å²) in [5.41, 5.74) is 1.12. The molecule has 5 atom stereocenters. The van der Waals surface area contributed by atoms with Crippen LogP contribution in [0.1, 0.15) is 18.0 Å². The standard InChI is InChI=1S/C23H19F3N10O4/c24-13-5-11(6-14(25)17(13)26)15-7-36(34-28-15)18-19(38)16(8-37)40-21(20(18)39)23-31-27-9-35(23)12-3-1-10(2-4-12)22-29-32-33-30-22/h1-7,9,16,18-21,37-39H,8H2,(H,29,30,32,33)/t16-,18+,19+,20-,21-/m1/s1. The van der Waals surface area contributed by atoms with Gasteiger partial charge in [0.05, 0.1) is 12.8 Å². The third-order valence-corrected chi connectivity index (χ3v) is 6.57. The van der Waals surface area contributed by atoms with Crippen LogP contribution in [0.2, 0.25) is 0 Å². The van der Waals surface area contributed by atoms with E-state index in [0.717, 1.165) is 16.8 Å². The average molecular weight is 556 g/mol. The largest absolute Gasteiger partial charge is 0.394 e. The quantitative estimate of drug-likeness (QED) is 0.214. The molecule has 2 aromatic carbocycles. The summed E-state index contributed by atoms with van der Waals surface area (Å²) < 4.78 is 49.4. The number of nitrogens with one attached hydrogen (secondary N) is 1. The molecule has 0 spiro atoms. The van der Waals surface area contributed by atoms with Crippen LogP contribution in [0.15, 0.2) is 48.9 Å². The lowest BCUT2D eigenvalue weighted by molar-refractivity contribution is -0.210. The van der Waals surface area contributed by atoms with E-state index >= 15 is 0 Å². The van der Waals surface area contributed by atoms with Crippen molar-refractivity contribution in [1.82, 2.24) is 50.4 Å². The Morgan fingerprint density at radius 2 is 1.70 bits per heavy atom. The van der Waals surface area contributed by atoms with Gasteiger partial charge in [-0.05, 0) is 41.6 Å². The number of nitrogens with zero attached hydrogens (tertiary/aromatic N) is 9. The van der Waals surface area contributed by atoms with Crippen LogP contribution in [0.3, 0.4) is 0 Å². The van der Waals surface area contributed by atoms with Crippen molar-refractivity contribution < 1.29 is 33.2 Å². The van der Waals surface area contributed by atoms with Gasteiger partial charge >= 0.3 is 0 Å². The van der Waals surface area contributed by atoms with Crippen LogP contribution in [0.25, 0.3) is 28.3 Å². The summed E-state index contributed by atoms with van der Waals surface area (Å²) in [5, 5.41) is 61.7. The van der Waals surface area contributed by atoms with E-state index in [2.05, 4.69) is 41.1 Å². The molecule has 1 aliphatic heterocycles. The Morgan fingerprint density at radius 3 is 2.38 bits per heavy atom. The molecule has 0 radical (unpaired) electrons. The molecule has 6 rings (SSSR count). The second kappa shape index (κ2) is 10.2. The fourth-order valence-electron chi connectivity index (χ4n) is 4.58. The zero-order valence-electron chi connectivity index (χ0n) is 20.1.